The first-order valence-corrected chi connectivity index (χ1v) is 9.72. The molecule has 8 heteroatoms. The maximum Gasteiger partial charge on any atom is 0.275 e. The van der Waals surface area contributed by atoms with E-state index < -0.39 is 10.7 Å². The van der Waals surface area contributed by atoms with Gasteiger partial charge in [-0.25, -0.2) is 4.68 Å². The molecule has 32 heavy (non-hydrogen) atoms. The number of allylic oxidation sites excluding steroid dienone is 3. The van der Waals surface area contributed by atoms with Gasteiger partial charge in [0.05, 0.1) is 16.2 Å². The zero-order valence-corrected chi connectivity index (χ0v) is 17.6. The van der Waals surface area contributed by atoms with Crippen molar-refractivity contribution in [2.24, 2.45) is 7.05 Å². The number of nitro benzene ring substituents is 1. The number of nitrogens with zero attached hydrogens (tertiary/aromatic N) is 4. The largest absolute Gasteiger partial charge is 0.293 e. The number of aromatic nitrogens is 2. The number of ketones is 1. The van der Waals surface area contributed by atoms with Crippen LogP contribution in [-0.2, 0) is 18.3 Å². The van der Waals surface area contributed by atoms with Crippen molar-refractivity contribution in [3.63, 3.8) is 0 Å². The smallest absolute Gasteiger partial charge is 0.275 e. The number of carbonyl (C=O) groups is 1. The van der Waals surface area contributed by atoms with E-state index in [9.17, 15) is 25.0 Å². The molecule has 1 aromatic heterocycles. The molecule has 0 aliphatic rings. The lowest BCUT2D eigenvalue weighted by Crippen LogP contribution is -2.22. The second kappa shape index (κ2) is 9.53. The predicted molar refractivity (Wildman–Crippen MR) is 120 cm³/mol. The van der Waals surface area contributed by atoms with E-state index >= 15 is 0 Å². The molecule has 0 unspecified atom stereocenters. The molecule has 1 heterocycles. The zero-order chi connectivity index (χ0) is 23.3. The van der Waals surface area contributed by atoms with E-state index in [1.54, 1.807) is 49.0 Å². The molecule has 160 valence electrons. The number of rotatable bonds is 7. The van der Waals surface area contributed by atoms with Crippen LogP contribution in [0.3, 0.4) is 0 Å². The van der Waals surface area contributed by atoms with E-state index in [4.69, 9.17) is 0 Å². The van der Waals surface area contributed by atoms with Crippen LogP contribution in [0.15, 0.2) is 77.1 Å². The molecule has 0 saturated carbocycles. The van der Waals surface area contributed by atoms with Crippen molar-refractivity contribution in [1.29, 1.82) is 5.26 Å². The van der Waals surface area contributed by atoms with E-state index in [0.717, 1.165) is 0 Å². The summed E-state index contributed by atoms with van der Waals surface area (Å²) in [4.78, 5) is 35.9. The Bertz CT molecular complexity index is 1320. The van der Waals surface area contributed by atoms with Crippen LogP contribution in [0.25, 0.3) is 11.8 Å². The summed E-state index contributed by atoms with van der Waals surface area (Å²) in [5.41, 5.74) is 1.93. The SMILES string of the molecule is Cc1c(CC(=O)/C(C#N)=C/C=C/c2ccc([N+](=O)[O-])cc2)c(=O)n(-c2ccccc2)n1C. The molecule has 0 saturated heterocycles. The summed E-state index contributed by atoms with van der Waals surface area (Å²) in [6.45, 7) is 1.76. The Morgan fingerprint density at radius 2 is 1.81 bits per heavy atom. The van der Waals surface area contributed by atoms with E-state index in [0.29, 0.717) is 22.5 Å². The third-order valence-corrected chi connectivity index (χ3v) is 5.09. The summed E-state index contributed by atoms with van der Waals surface area (Å²) in [5.74, 6) is -0.466. The number of hydrogen-bond acceptors (Lipinski definition) is 5. The Balaban J connectivity index is 1.82. The van der Waals surface area contributed by atoms with Gasteiger partial charge in [-0.3, -0.25) is 24.4 Å². The number of nitro groups is 1. The summed E-state index contributed by atoms with van der Waals surface area (Å²) >= 11 is 0. The minimum Gasteiger partial charge on any atom is -0.293 e. The lowest BCUT2D eigenvalue weighted by molar-refractivity contribution is -0.384. The van der Waals surface area contributed by atoms with E-state index in [1.807, 2.05) is 24.3 Å². The van der Waals surface area contributed by atoms with Crippen molar-refractivity contribution in [2.75, 3.05) is 0 Å². The Labute approximate surface area is 184 Å². The molecular formula is C24H20N4O4. The maximum atomic E-state index is 13.0. The zero-order valence-electron chi connectivity index (χ0n) is 17.6. The van der Waals surface area contributed by atoms with Crippen molar-refractivity contribution in [3.05, 3.63) is 110 Å². The van der Waals surface area contributed by atoms with Gasteiger partial charge in [0.25, 0.3) is 11.2 Å². The fourth-order valence-corrected chi connectivity index (χ4v) is 3.24. The Morgan fingerprint density at radius 3 is 2.41 bits per heavy atom. The van der Waals surface area contributed by atoms with Crippen LogP contribution >= 0.6 is 0 Å². The fourth-order valence-electron chi connectivity index (χ4n) is 3.24. The van der Waals surface area contributed by atoms with Crippen molar-refractivity contribution < 1.29 is 9.72 Å². The molecule has 0 atom stereocenters. The Kier molecular flexibility index (Phi) is 6.61. The number of Topliss-reactive ketones (excluding diaryl/α,β-unsaturated/α-hetero) is 1. The Hall–Kier alpha value is -4.51. The van der Waals surface area contributed by atoms with Gasteiger partial charge in [0, 0.05) is 36.9 Å². The fraction of sp³-hybridized carbons (Fsp3) is 0.125. The third-order valence-electron chi connectivity index (χ3n) is 5.09. The molecule has 2 aromatic carbocycles. The average molecular weight is 428 g/mol. The van der Waals surface area contributed by atoms with Gasteiger partial charge < -0.3 is 0 Å². The molecule has 0 aliphatic carbocycles. The lowest BCUT2D eigenvalue weighted by Gasteiger charge is -2.07. The second-order valence-corrected chi connectivity index (χ2v) is 7.04. The molecule has 0 fully saturated rings. The van der Waals surface area contributed by atoms with E-state index in [-0.39, 0.29) is 23.2 Å². The minimum absolute atomic E-state index is 0.0232. The van der Waals surface area contributed by atoms with Crippen LogP contribution in [0.5, 0.6) is 0 Å². The number of nitriles is 1. The average Bonchev–Trinajstić information content (AvgIpc) is 3.00. The van der Waals surface area contributed by atoms with Crippen LogP contribution in [0, 0.1) is 28.4 Å². The number of benzene rings is 2. The molecule has 0 aliphatic heterocycles. The normalized spacial score (nSPS) is 11.5. The first-order chi connectivity index (χ1) is 15.3. The minimum atomic E-state index is -0.489. The predicted octanol–water partition coefficient (Wildman–Crippen LogP) is 3.67. The van der Waals surface area contributed by atoms with E-state index in [2.05, 4.69) is 0 Å². The summed E-state index contributed by atoms with van der Waals surface area (Å²) in [5, 5.41) is 20.1. The van der Waals surface area contributed by atoms with Gasteiger partial charge in [0.1, 0.15) is 6.07 Å². The topological polar surface area (TPSA) is 111 Å². The summed E-state index contributed by atoms with van der Waals surface area (Å²) in [7, 11) is 1.74. The maximum absolute atomic E-state index is 13.0. The molecule has 0 bridgehead atoms. The van der Waals surface area contributed by atoms with Crippen LogP contribution in [-0.4, -0.2) is 20.1 Å². The van der Waals surface area contributed by atoms with Gasteiger partial charge in [-0.15, -0.1) is 0 Å². The molecule has 0 amide bonds. The molecule has 3 aromatic rings. The summed E-state index contributed by atoms with van der Waals surface area (Å²) in [6.07, 6.45) is 4.34. The summed E-state index contributed by atoms with van der Waals surface area (Å²) < 4.78 is 3.17. The first-order valence-electron chi connectivity index (χ1n) is 9.72. The molecule has 3 rings (SSSR count). The quantitative estimate of drug-likeness (QED) is 0.187. The van der Waals surface area contributed by atoms with Crippen molar-refractivity contribution >= 4 is 17.5 Å². The van der Waals surface area contributed by atoms with Gasteiger partial charge in [0.15, 0.2) is 5.78 Å². The van der Waals surface area contributed by atoms with Crippen LogP contribution in [0.4, 0.5) is 5.69 Å². The van der Waals surface area contributed by atoms with E-state index in [1.165, 1.54) is 29.0 Å². The van der Waals surface area contributed by atoms with Gasteiger partial charge in [-0.1, -0.05) is 30.4 Å². The molecule has 8 nitrogen and oxygen atoms in total. The highest BCUT2D eigenvalue weighted by Gasteiger charge is 2.20. The molecule has 0 N–H and O–H groups in total. The third kappa shape index (κ3) is 4.63. The number of carbonyl (C=O) groups excluding carboxylic acids is 1. The number of hydrogen-bond donors (Lipinski definition) is 0. The van der Waals surface area contributed by atoms with Crippen LogP contribution < -0.4 is 5.56 Å². The highest BCUT2D eigenvalue weighted by atomic mass is 16.6. The highest BCUT2D eigenvalue weighted by molar-refractivity contribution is 6.00. The Morgan fingerprint density at radius 1 is 1.16 bits per heavy atom. The number of para-hydroxylation sites is 1. The van der Waals surface area contributed by atoms with Crippen molar-refractivity contribution in [1.82, 2.24) is 9.36 Å². The van der Waals surface area contributed by atoms with Crippen molar-refractivity contribution in [3.8, 4) is 11.8 Å². The van der Waals surface area contributed by atoms with Gasteiger partial charge in [0.2, 0.25) is 0 Å². The molecule has 0 radical (unpaired) electrons. The van der Waals surface area contributed by atoms with Crippen LogP contribution in [0.2, 0.25) is 0 Å². The van der Waals surface area contributed by atoms with Gasteiger partial charge in [-0.2, -0.15) is 5.26 Å². The monoisotopic (exact) mass is 428 g/mol. The highest BCUT2D eigenvalue weighted by Crippen LogP contribution is 2.14. The second-order valence-electron chi connectivity index (χ2n) is 7.04. The first kappa shape index (κ1) is 22.2. The van der Waals surface area contributed by atoms with Gasteiger partial charge >= 0.3 is 0 Å². The molecule has 0 spiro atoms. The van der Waals surface area contributed by atoms with Crippen LogP contribution in [0.1, 0.15) is 16.8 Å². The van der Waals surface area contributed by atoms with Gasteiger partial charge in [-0.05, 0) is 42.8 Å². The molecular weight excluding hydrogens is 408 g/mol. The summed E-state index contributed by atoms with van der Waals surface area (Å²) in [6, 6.07) is 16.8. The standard InChI is InChI=1S/C24H20N4O4/c1-17-22(24(30)27(26(17)2)20-9-4-3-5-10-20)15-23(29)19(16-25)8-6-7-18-11-13-21(14-12-18)28(31)32/h3-14H,15H2,1-2H3/b7-6+,19-8+. The lowest BCUT2D eigenvalue weighted by atomic mass is 10.0. The number of non-ortho nitro benzene ring substituents is 1. The van der Waals surface area contributed by atoms with Crippen molar-refractivity contribution in [2.45, 2.75) is 13.3 Å².